The summed E-state index contributed by atoms with van der Waals surface area (Å²) in [7, 11) is 1.91. The Morgan fingerprint density at radius 3 is 2.51 bits per heavy atom. The third-order valence-electron chi connectivity index (χ3n) is 8.34. The highest BCUT2D eigenvalue weighted by Crippen LogP contribution is 2.28. The highest BCUT2D eigenvalue weighted by molar-refractivity contribution is 5.81. The van der Waals surface area contributed by atoms with Gasteiger partial charge in [-0.3, -0.25) is 19.8 Å². The monoisotopic (exact) mass is 499 g/mol. The molecule has 5 fully saturated rings. The molecule has 0 aromatic rings. The summed E-state index contributed by atoms with van der Waals surface area (Å²) in [6, 6.07) is -0.517. The Morgan fingerprint density at radius 2 is 1.80 bits per heavy atom. The fourth-order valence-corrected chi connectivity index (χ4v) is 6.29. The fourth-order valence-electron chi connectivity index (χ4n) is 6.29. The molecule has 0 aromatic carbocycles. The number of rotatable bonds is 5. The van der Waals surface area contributed by atoms with E-state index in [4.69, 9.17) is 5.73 Å². The van der Waals surface area contributed by atoms with Crippen LogP contribution in [0.1, 0.15) is 12.8 Å². The van der Waals surface area contributed by atoms with Crippen molar-refractivity contribution in [3.8, 4) is 0 Å². The van der Waals surface area contributed by atoms with E-state index in [1.807, 2.05) is 11.9 Å². The summed E-state index contributed by atoms with van der Waals surface area (Å²) < 4.78 is 29.0. The smallest absolute Gasteiger partial charge is 0.229 e. The predicted octanol–water partition coefficient (Wildman–Crippen LogP) is -3.09. The normalized spacial score (nSPS) is 39.8. The number of likely N-dealkylation sites (tertiary alicyclic amines) is 2. The molecular weight excluding hydrogens is 460 g/mol. The Hall–Kier alpha value is -1.48. The molecule has 11 nitrogen and oxygen atoms in total. The van der Waals surface area contributed by atoms with Gasteiger partial charge in [0.25, 0.3) is 0 Å². The number of fused-ring (bicyclic) bond motifs is 1. The van der Waals surface area contributed by atoms with Crippen molar-refractivity contribution in [2.24, 2.45) is 17.6 Å². The summed E-state index contributed by atoms with van der Waals surface area (Å²) in [5.41, 5.74) is 9.17. The van der Waals surface area contributed by atoms with E-state index in [1.165, 1.54) is 0 Å². The zero-order valence-electron chi connectivity index (χ0n) is 20.3. The molecule has 5 aliphatic rings. The minimum absolute atomic E-state index is 0.0258. The molecule has 0 radical (unpaired) electrons. The molecule has 0 saturated carbocycles. The second kappa shape index (κ2) is 10.5. The lowest BCUT2D eigenvalue weighted by molar-refractivity contribution is -0.142. The van der Waals surface area contributed by atoms with E-state index in [0.717, 1.165) is 13.1 Å². The number of hydrazine groups is 1. The van der Waals surface area contributed by atoms with E-state index in [0.29, 0.717) is 38.5 Å². The number of hydrogen-bond acceptors (Lipinski definition) is 9. The van der Waals surface area contributed by atoms with E-state index in [-0.39, 0.29) is 37.4 Å². The van der Waals surface area contributed by atoms with Gasteiger partial charge in [-0.15, -0.1) is 0 Å². The topological polar surface area (TPSA) is 130 Å². The fraction of sp³-hybridized carbons (Fsp3) is 0.909. The Labute approximate surface area is 204 Å². The van der Waals surface area contributed by atoms with Gasteiger partial charge in [0.15, 0.2) is 0 Å². The Morgan fingerprint density at radius 1 is 1.06 bits per heavy atom. The van der Waals surface area contributed by atoms with Crippen molar-refractivity contribution in [2.45, 2.75) is 55.6 Å². The minimum Gasteiger partial charge on any atom is -0.350 e. The van der Waals surface area contributed by atoms with Gasteiger partial charge in [-0.1, -0.05) is 0 Å². The first kappa shape index (κ1) is 25.2. The summed E-state index contributed by atoms with van der Waals surface area (Å²) in [5.74, 6) is -0.715. The molecule has 5 aliphatic heterocycles. The first-order valence-electron chi connectivity index (χ1n) is 12.9. The number of alkyl halides is 2. The zero-order chi connectivity index (χ0) is 24.7. The summed E-state index contributed by atoms with van der Waals surface area (Å²) in [6.45, 7) is 3.77. The molecule has 2 amide bonds. The van der Waals surface area contributed by atoms with E-state index in [9.17, 15) is 14.0 Å². The first-order valence-corrected chi connectivity index (χ1v) is 12.9. The summed E-state index contributed by atoms with van der Waals surface area (Å²) in [4.78, 5) is 30.1. The predicted molar refractivity (Wildman–Crippen MR) is 125 cm³/mol. The number of carbonyl (C=O) groups excluding carboxylic acids is 2. The van der Waals surface area contributed by atoms with E-state index >= 15 is 4.39 Å². The summed E-state index contributed by atoms with van der Waals surface area (Å²) in [5, 5.41) is 14.0. The molecular formula is C22H39F2N9O2. The molecule has 0 aromatic heterocycles. The van der Waals surface area contributed by atoms with Gasteiger partial charge in [-0.25, -0.2) is 19.2 Å². The van der Waals surface area contributed by atoms with Crippen LogP contribution >= 0.6 is 0 Å². The molecule has 198 valence electrons. The second-order valence-corrected chi connectivity index (χ2v) is 10.6. The highest BCUT2D eigenvalue weighted by atomic mass is 19.1. The maximum Gasteiger partial charge on any atom is 0.229 e. The van der Waals surface area contributed by atoms with Crippen molar-refractivity contribution >= 4 is 11.8 Å². The number of nitrogens with one attached hydrogen (secondary N) is 5. The third kappa shape index (κ3) is 5.04. The van der Waals surface area contributed by atoms with E-state index < -0.39 is 42.7 Å². The van der Waals surface area contributed by atoms with Crippen molar-refractivity contribution in [1.29, 1.82) is 0 Å². The van der Waals surface area contributed by atoms with Crippen LogP contribution in [-0.2, 0) is 9.59 Å². The Kier molecular flexibility index (Phi) is 7.54. The maximum absolute atomic E-state index is 15.2. The Balaban J connectivity index is 1.18. The van der Waals surface area contributed by atoms with Crippen molar-refractivity contribution in [3.05, 3.63) is 0 Å². The van der Waals surface area contributed by atoms with Crippen LogP contribution in [0.3, 0.4) is 0 Å². The van der Waals surface area contributed by atoms with Gasteiger partial charge >= 0.3 is 0 Å². The molecule has 5 heterocycles. The molecule has 5 rings (SSSR count). The molecule has 0 aliphatic carbocycles. The van der Waals surface area contributed by atoms with E-state index in [1.54, 1.807) is 5.01 Å². The lowest BCUT2D eigenvalue weighted by Gasteiger charge is -2.46. The van der Waals surface area contributed by atoms with Gasteiger partial charge in [0.1, 0.15) is 12.3 Å². The quantitative estimate of drug-likeness (QED) is 0.233. The lowest BCUT2D eigenvalue weighted by atomic mass is 9.89. The molecule has 0 bridgehead atoms. The molecule has 7 unspecified atom stereocenters. The van der Waals surface area contributed by atoms with Crippen LogP contribution in [0, 0.1) is 11.8 Å². The lowest BCUT2D eigenvalue weighted by Crippen LogP contribution is -2.67. The van der Waals surface area contributed by atoms with Gasteiger partial charge in [0, 0.05) is 51.2 Å². The van der Waals surface area contributed by atoms with Crippen LogP contribution in [0.2, 0.25) is 0 Å². The number of carbonyl (C=O) groups is 2. The molecule has 35 heavy (non-hydrogen) atoms. The first-order chi connectivity index (χ1) is 16.9. The Bertz CT molecular complexity index is 780. The van der Waals surface area contributed by atoms with Gasteiger partial charge in [-0.2, -0.15) is 0 Å². The van der Waals surface area contributed by atoms with Crippen LogP contribution in [-0.4, -0.2) is 129 Å². The standard InChI is InChI=1S/C22H39F2N9O2/c1-26-14-10-32(11-14)22(35)12-2-4-31(5-3-12)18-15(24)7-27-8-16(18)29-21(34)17-19(25)30-33-9-13(23)6-28-20(17)33/h12-20,26-28,30H,2-11,25H2,1H3,(H,29,34). The number of hydrogen-bond donors (Lipinski definition) is 6. The maximum atomic E-state index is 15.2. The van der Waals surface area contributed by atoms with Gasteiger partial charge in [-0.05, 0) is 33.0 Å². The van der Waals surface area contributed by atoms with Crippen LogP contribution in [0.15, 0.2) is 0 Å². The van der Waals surface area contributed by atoms with E-state index in [2.05, 4.69) is 31.6 Å². The third-order valence-corrected chi connectivity index (χ3v) is 8.34. The number of halogens is 2. The molecule has 7 atom stereocenters. The van der Waals surface area contributed by atoms with Crippen LogP contribution in [0.4, 0.5) is 8.78 Å². The number of piperidine rings is 2. The summed E-state index contributed by atoms with van der Waals surface area (Å²) >= 11 is 0. The van der Waals surface area contributed by atoms with Crippen molar-refractivity contribution in [3.63, 3.8) is 0 Å². The summed E-state index contributed by atoms with van der Waals surface area (Å²) in [6.07, 6.45) is -1.84. The number of amides is 2. The zero-order valence-corrected chi connectivity index (χ0v) is 20.3. The van der Waals surface area contributed by atoms with Crippen molar-refractivity contribution in [2.75, 3.05) is 59.4 Å². The number of likely N-dealkylation sites (N-methyl/N-ethyl adjacent to an activating group) is 1. The van der Waals surface area contributed by atoms with Gasteiger partial charge in [0.2, 0.25) is 11.8 Å². The molecule has 7 N–H and O–H groups in total. The average molecular weight is 500 g/mol. The number of nitrogens with zero attached hydrogens (tertiary/aromatic N) is 3. The van der Waals surface area contributed by atoms with Crippen molar-refractivity contribution in [1.82, 2.24) is 41.5 Å². The number of nitrogens with two attached hydrogens (primary N) is 1. The van der Waals surface area contributed by atoms with Crippen LogP contribution in [0.25, 0.3) is 0 Å². The largest absolute Gasteiger partial charge is 0.350 e. The van der Waals surface area contributed by atoms with Crippen LogP contribution in [0.5, 0.6) is 0 Å². The SMILES string of the molecule is CNC1CN(C(=O)C2CCN(C3C(F)CNCC3NC(=O)C3C(N)NN4CC(F)CNC34)CC2)C1. The molecule has 5 saturated heterocycles. The van der Waals surface area contributed by atoms with Crippen LogP contribution < -0.4 is 32.4 Å². The van der Waals surface area contributed by atoms with Gasteiger partial charge in [0.05, 0.1) is 30.3 Å². The second-order valence-electron chi connectivity index (χ2n) is 10.6. The average Bonchev–Trinajstić information content (AvgIpc) is 3.13. The highest BCUT2D eigenvalue weighted by Gasteiger charge is 2.49. The molecule has 13 heteroatoms. The molecule has 0 spiro atoms. The minimum atomic E-state index is -1.14. The van der Waals surface area contributed by atoms with Crippen molar-refractivity contribution < 1.29 is 18.4 Å². The van der Waals surface area contributed by atoms with Gasteiger partial charge < -0.3 is 26.6 Å².